The maximum atomic E-state index is 11.7. The fraction of sp³-hybridized carbons (Fsp3) is 0.344. The Kier molecular flexibility index (Phi) is 10.9. The molecule has 0 saturated carbocycles. The van der Waals surface area contributed by atoms with Gasteiger partial charge < -0.3 is 39.7 Å². The van der Waals surface area contributed by atoms with Crippen LogP contribution < -0.4 is 5.32 Å². The fourth-order valence-corrected chi connectivity index (χ4v) is 4.74. The van der Waals surface area contributed by atoms with Gasteiger partial charge in [-0.25, -0.2) is 4.79 Å². The first-order chi connectivity index (χ1) is 19.8. The number of rotatable bonds is 12. The molecule has 1 saturated heterocycles. The molecule has 1 aliphatic heterocycles. The third kappa shape index (κ3) is 8.88. The number of nitrogens with zero attached hydrogens (tertiary/aromatic N) is 1. The van der Waals surface area contributed by atoms with E-state index >= 15 is 0 Å². The predicted molar refractivity (Wildman–Crippen MR) is 154 cm³/mol. The monoisotopic (exact) mass is 562 g/mol. The van der Waals surface area contributed by atoms with Crippen LogP contribution in [0, 0.1) is 0 Å². The van der Waals surface area contributed by atoms with Gasteiger partial charge in [-0.1, -0.05) is 73.3 Å². The highest BCUT2D eigenvalue weighted by Gasteiger charge is 2.33. The zero-order chi connectivity index (χ0) is 29.2. The third-order valence-electron chi connectivity index (χ3n) is 6.89. The van der Waals surface area contributed by atoms with Gasteiger partial charge in [0.1, 0.15) is 12.4 Å². The fourth-order valence-electron chi connectivity index (χ4n) is 4.74. The van der Waals surface area contributed by atoms with Gasteiger partial charge in [-0.15, -0.1) is 0 Å². The number of carbonyl (C=O) groups excluding carboxylic acids is 1. The van der Waals surface area contributed by atoms with Gasteiger partial charge >= 0.3 is 6.09 Å². The molecule has 4 N–H and O–H groups in total. The number of benzene rings is 3. The average molecular weight is 563 g/mol. The number of aliphatic hydroxyl groups excluding tert-OH is 2. The van der Waals surface area contributed by atoms with E-state index in [1.54, 1.807) is 24.3 Å². The number of phenols is 1. The molecule has 0 aliphatic carbocycles. The Morgan fingerprint density at radius 1 is 1.10 bits per heavy atom. The van der Waals surface area contributed by atoms with Crippen LogP contribution in [0.4, 0.5) is 4.79 Å². The molecule has 1 aliphatic rings. The molecule has 218 valence electrons. The SMILES string of the molecule is C=CCOC(=O)NCc1ccc([C@H]2O[C@@H](CN(C)C[C@@H](O)c3cccc(O)c3)C[C@@H](c3ccc(CO)cc3)O2)cc1. The molecule has 41 heavy (non-hydrogen) atoms. The number of phenolic OH excluding ortho intramolecular Hbond substituents is 1. The summed E-state index contributed by atoms with van der Waals surface area (Å²) in [7, 11) is 1.92. The molecule has 0 aromatic heterocycles. The molecule has 1 heterocycles. The number of amides is 1. The molecule has 4 rings (SSSR count). The summed E-state index contributed by atoms with van der Waals surface area (Å²) >= 11 is 0. The molecule has 3 aromatic rings. The van der Waals surface area contributed by atoms with E-state index in [-0.39, 0.29) is 31.2 Å². The van der Waals surface area contributed by atoms with E-state index in [4.69, 9.17) is 14.2 Å². The highest BCUT2D eigenvalue weighted by atomic mass is 16.7. The lowest BCUT2D eigenvalue weighted by molar-refractivity contribution is -0.252. The lowest BCUT2D eigenvalue weighted by atomic mass is 9.99. The minimum atomic E-state index is -0.764. The summed E-state index contributed by atoms with van der Waals surface area (Å²) in [5.74, 6) is 0.115. The van der Waals surface area contributed by atoms with E-state index in [1.807, 2.05) is 60.5 Å². The maximum Gasteiger partial charge on any atom is 0.407 e. The van der Waals surface area contributed by atoms with Crippen LogP contribution in [0.2, 0.25) is 0 Å². The number of aromatic hydroxyl groups is 1. The van der Waals surface area contributed by atoms with E-state index in [9.17, 15) is 20.1 Å². The Balaban J connectivity index is 1.44. The van der Waals surface area contributed by atoms with Crippen molar-refractivity contribution in [1.29, 1.82) is 0 Å². The summed E-state index contributed by atoms with van der Waals surface area (Å²) in [5, 5.41) is 32.6. The van der Waals surface area contributed by atoms with Crippen molar-refractivity contribution in [3.63, 3.8) is 0 Å². The molecule has 9 heteroatoms. The topological polar surface area (TPSA) is 121 Å². The lowest BCUT2D eigenvalue weighted by Crippen LogP contribution is -2.39. The Bertz CT molecular complexity index is 1270. The van der Waals surface area contributed by atoms with Gasteiger partial charge in [-0.05, 0) is 41.4 Å². The van der Waals surface area contributed by atoms with Gasteiger partial charge in [0, 0.05) is 31.6 Å². The van der Waals surface area contributed by atoms with Crippen LogP contribution in [-0.4, -0.2) is 59.2 Å². The number of hydrogen-bond acceptors (Lipinski definition) is 8. The molecule has 0 spiro atoms. The minimum Gasteiger partial charge on any atom is -0.508 e. The Morgan fingerprint density at radius 3 is 2.49 bits per heavy atom. The maximum absolute atomic E-state index is 11.7. The van der Waals surface area contributed by atoms with Crippen molar-refractivity contribution in [2.75, 3.05) is 26.7 Å². The number of likely N-dealkylation sites (N-methyl/N-ethyl adjacent to an activating group) is 1. The Morgan fingerprint density at radius 2 is 1.80 bits per heavy atom. The van der Waals surface area contributed by atoms with Crippen LogP contribution in [0.5, 0.6) is 5.75 Å². The molecule has 4 atom stereocenters. The lowest BCUT2D eigenvalue weighted by Gasteiger charge is -2.38. The van der Waals surface area contributed by atoms with E-state index in [0.29, 0.717) is 31.6 Å². The van der Waals surface area contributed by atoms with Crippen molar-refractivity contribution in [3.8, 4) is 5.75 Å². The number of alkyl carbamates (subject to hydrolysis) is 1. The summed E-state index contributed by atoms with van der Waals surface area (Å²) < 4.78 is 17.8. The Hall–Kier alpha value is -3.73. The van der Waals surface area contributed by atoms with Crippen molar-refractivity contribution >= 4 is 6.09 Å². The van der Waals surface area contributed by atoms with E-state index in [0.717, 1.165) is 22.3 Å². The van der Waals surface area contributed by atoms with Gasteiger partial charge in [0.25, 0.3) is 0 Å². The normalized spacial score (nSPS) is 19.5. The van der Waals surface area contributed by atoms with E-state index < -0.39 is 18.5 Å². The first-order valence-electron chi connectivity index (χ1n) is 13.6. The van der Waals surface area contributed by atoms with Gasteiger partial charge in [-0.3, -0.25) is 0 Å². The molecule has 3 aromatic carbocycles. The molecule has 1 amide bonds. The summed E-state index contributed by atoms with van der Waals surface area (Å²) in [6.07, 6.45) is -0.217. The van der Waals surface area contributed by atoms with Crippen molar-refractivity contribution in [3.05, 3.63) is 113 Å². The van der Waals surface area contributed by atoms with Crippen molar-refractivity contribution in [2.45, 2.75) is 44.2 Å². The highest BCUT2D eigenvalue weighted by Crippen LogP contribution is 2.38. The van der Waals surface area contributed by atoms with Crippen LogP contribution in [0.1, 0.15) is 52.7 Å². The van der Waals surface area contributed by atoms with Crippen LogP contribution in [0.15, 0.2) is 85.5 Å². The molecular weight excluding hydrogens is 524 g/mol. The van der Waals surface area contributed by atoms with Crippen LogP contribution in [0.25, 0.3) is 0 Å². The van der Waals surface area contributed by atoms with E-state index in [2.05, 4.69) is 11.9 Å². The molecular formula is C32H38N2O7. The number of nitrogens with one attached hydrogen (secondary N) is 1. The molecule has 0 unspecified atom stereocenters. The first kappa shape index (κ1) is 30.2. The second kappa shape index (κ2) is 14.8. The number of ether oxygens (including phenoxy) is 3. The molecule has 9 nitrogen and oxygen atoms in total. The van der Waals surface area contributed by atoms with Gasteiger partial charge in [0.2, 0.25) is 0 Å². The van der Waals surface area contributed by atoms with E-state index in [1.165, 1.54) is 6.08 Å². The standard InChI is InChI=1S/C32H38N2O7/c1-3-15-39-32(38)33-18-22-7-13-25(14-8-22)31-40-28(17-30(41-31)24-11-9-23(21-35)10-12-24)19-34(2)20-29(37)26-5-4-6-27(36)16-26/h3-14,16,28-31,35-37H,1,15,17-21H2,2H3,(H,33,38)/t28-,29-,30+,31+/m1/s1. The minimum absolute atomic E-state index is 0.0281. The Labute approximate surface area is 240 Å². The van der Waals surface area contributed by atoms with Gasteiger partial charge in [0.15, 0.2) is 6.29 Å². The first-order valence-corrected chi connectivity index (χ1v) is 13.6. The quantitative estimate of drug-likeness (QED) is 0.238. The number of aliphatic hydroxyl groups is 2. The smallest absolute Gasteiger partial charge is 0.407 e. The van der Waals surface area contributed by atoms with Gasteiger partial charge in [0.05, 0.1) is 24.9 Å². The molecule has 1 fully saturated rings. The van der Waals surface area contributed by atoms with Crippen molar-refractivity contribution < 1.29 is 34.3 Å². The predicted octanol–water partition coefficient (Wildman–Crippen LogP) is 4.51. The second-order valence-corrected chi connectivity index (χ2v) is 10.2. The summed E-state index contributed by atoms with van der Waals surface area (Å²) in [5.41, 5.74) is 4.20. The van der Waals surface area contributed by atoms with Crippen LogP contribution in [0.3, 0.4) is 0 Å². The second-order valence-electron chi connectivity index (χ2n) is 10.2. The summed E-state index contributed by atoms with van der Waals surface area (Å²) in [6.45, 7) is 4.88. The summed E-state index contributed by atoms with van der Waals surface area (Å²) in [6, 6.07) is 22.0. The zero-order valence-corrected chi connectivity index (χ0v) is 23.2. The molecule has 0 radical (unpaired) electrons. The third-order valence-corrected chi connectivity index (χ3v) is 6.89. The van der Waals surface area contributed by atoms with Crippen molar-refractivity contribution in [1.82, 2.24) is 10.2 Å². The highest BCUT2D eigenvalue weighted by molar-refractivity contribution is 5.67. The molecule has 0 bridgehead atoms. The van der Waals surface area contributed by atoms with Crippen LogP contribution in [-0.2, 0) is 27.4 Å². The summed E-state index contributed by atoms with van der Waals surface area (Å²) in [4.78, 5) is 13.7. The largest absolute Gasteiger partial charge is 0.508 e. The van der Waals surface area contributed by atoms with Crippen molar-refractivity contribution in [2.24, 2.45) is 0 Å². The zero-order valence-electron chi connectivity index (χ0n) is 23.2. The van der Waals surface area contributed by atoms with Gasteiger partial charge in [-0.2, -0.15) is 0 Å². The number of hydrogen-bond donors (Lipinski definition) is 4. The van der Waals surface area contributed by atoms with Crippen LogP contribution >= 0.6 is 0 Å². The number of carbonyl (C=O) groups is 1. The average Bonchev–Trinajstić information content (AvgIpc) is 2.99.